The van der Waals surface area contributed by atoms with Gasteiger partial charge in [-0.05, 0) is 20.8 Å². The fourth-order valence-corrected chi connectivity index (χ4v) is 1.40. The van der Waals surface area contributed by atoms with E-state index < -0.39 is 11.5 Å². The van der Waals surface area contributed by atoms with Crippen molar-refractivity contribution in [1.29, 1.82) is 0 Å². The summed E-state index contributed by atoms with van der Waals surface area (Å²) < 4.78 is 6.60. The van der Waals surface area contributed by atoms with Crippen molar-refractivity contribution in [3.05, 3.63) is 17.5 Å². The van der Waals surface area contributed by atoms with Gasteiger partial charge in [-0.2, -0.15) is 5.10 Å². The second kappa shape index (κ2) is 4.02. The highest BCUT2D eigenvalue weighted by Gasteiger charge is 2.35. The fourth-order valence-electron chi connectivity index (χ4n) is 1.40. The number of nitrogens with two attached hydrogens (primary N) is 1. The van der Waals surface area contributed by atoms with Gasteiger partial charge >= 0.3 is 5.97 Å². The van der Waals surface area contributed by atoms with E-state index in [2.05, 4.69) is 5.10 Å². The van der Waals surface area contributed by atoms with Crippen LogP contribution in [0.4, 0.5) is 0 Å². The molecule has 0 saturated carbocycles. The smallest absolute Gasteiger partial charge is 0.330 e. The lowest BCUT2D eigenvalue weighted by Crippen LogP contribution is -2.43. The topological polar surface area (TPSA) is 70.1 Å². The average Bonchev–Trinajstić information content (AvgIpc) is 2.48. The Balaban J connectivity index is 3.05. The quantitative estimate of drug-likeness (QED) is 0.738. The van der Waals surface area contributed by atoms with Crippen LogP contribution in [0.3, 0.4) is 0 Å². The Hall–Kier alpha value is -1.36. The standard InChI is InChI=1S/C10H17N3O2/c1-5-15-9(14)10(3,11)8-6-12-13(4)7(8)2/h6H,5,11H2,1-4H3. The van der Waals surface area contributed by atoms with E-state index in [1.54, 1.807) is 31.8 Å². The van der Waals surface area contributed by atoms with Gasteiger partial charge in [0, 0.05) is 18.3 Å². The number of carbonyl (C=O) groups is 1. The summed E-state index contributed by atoms with van der Waals surface area (Å²) in [4.78, 5) is 11.6. The highest BCUT2D eigenvalue weighted by Crippen LogP contribution is 2.22. The molecule has 0 aliphatic carbocycles. The van der Waals surface area contributed by atoms with E-state index in [0.717, 1.165) is 5.69 Å². The van der Waals surface area contributed by atoms with Crippen molar-refractivity contribution in [2.24, 2.45) is 12.8 Å². The van der Waals surface area contributed by atoms with E-state index in [0.29, 0.717) is 12.2 Å². The molecule has 0 aromatic carbocycles. The first-order valence-corrected chi connectivity index (χ1v) is 4.86. The molecule has 1 heterocycles. The highest BCUT2D eigenvalue weighted by atomic mass is 16.5. The molecule has 15 heavy (non-hydrogen) atoms. The number of aromatic nitrogens is 2. The van der Waals surface area contributed by atoms with Crippen LogP contribution in [0.15, 0.2) is 6.20 Å². The van der Waals surface area contributed by atoms with Crippen molar-refractivity contribution in [1.82, 2.24) is 9.78 Å². The van der Waals surface area contributed by atoms with Crippen molar-refractivity contribution in [3.63, 3.8) is 0 Å². The SMILES string of the molecule is CCOC(=O)C(C)(N)c1cnn(C)c1C. The lowest BCUT2D eigenvalue weighted by atomic mass is 9.94. The van der Waals surface area contributed by atoms with Crippen LogP contribution in [0.5, 0.6) is 0 Å². The molecule has 0 aliphatic heterocycles. The number of carbonyl (C=O) groups excluding carboxylic acids is 1. The lowest BCUT2D eigenvalue weighted by Gasteiger charge is -2.21. The molecule has 0 aliphatic rings. The molecule has 0 bridgehead atoms. The average molecular weight is 211 g/mol. The molecular formula is C10H17N3O2. The Morgan fingerprint density at radius 2 is 2.33 bits per heavy atom. The van der Waals surface area contributed by atoms with Crippen molar-refractivity contribution >= 4 is 5.97 Å². The maximum Gasteiger partial charge on any atom is 0.330 e. The summed E-state index contributed by atoms with van der Waals surface area (Å²) in [7, 11) is 1.81. The molecule has 0 spiro atoms. The second-order valence-electron chi connectivity index (χ2n) is 3.69. The van der Waals surface area contributed by atoms with Gasteiger partial charge in [-0.15, -0.1) is 0 Å². The van der Waals surface area contributed by atoms with Crippen LogP contribution in [0.25, 0.3) is 0 Å². The summed E-state index contributed by atoms with van der Waals surface area (Å²) in [5.74, 6) is -0.430. The van der Waals surface area contributed by atoms with Crippen molar-refractivity contribution < 1.29 is 9.53 Å². The zero-order chi connectivity index (χ0) is 11.6. The first-order chi connectivity index (χ1) is 6.91. The molecular weight excluding hydrogens is 194 g/mol. The van der Waals surface area contributed by atoms with Crippen LogP contribution in [0, 0.1) is 6.92 Å². The molecule has 5 heteroatoms. The summed E-state index contributed by atoms with van der Waals surface area (Å²) >= 11 is 0. The minimum Gasteiger partial charge on any atom is -0.464 e. The van der Waals surface area contributed by atoms with Gasteiger partial charge in [-0.25, -0.2) is 4.79 Å². The van der Waals surface area contributed by atoms with Gasteiger partial charge < -0.3 is 10.5 Å². The second-order valence-corrected chi connectivity index (χ2v) is 3.69. The Kier molecular flexibility index (Phi) is 3.14. The van der Waals surface area contributed by atoms with Gasteiger partial charge in [0.05, 0.1) is 12.8 Å². The number of rotatable bonds is 3. The molecule has 1 aromatic rings. The van der Waals surface area contributed by atoms with Gasteiger partial charge in [0.15, 0.2) is 0 Å². The third-order valence-electron chi connectivity index (χ3n) is 2.49. The minimum atomic E-state index is -1.13. The minimum absolute atomic E-state index is 0.324. The normalized spacial score (nSPS) is 14.7. The van der Waals surface area contributed by atoms with E-state index >= 15 is 0 Å². The van der Waals surface area contributed by atoms with E-state index in [1.807, 2.05) is 6.92 Å². The van der Waals surface area contributed by atoms with Crippen LogP contribution in [0.1, 0.15) is 25.1 Å². The molecule has 1 unspecified atom stereocenters. The highest BCUT2D eigenvalue weighted by molar-refractivity contribution is 5.82. The molecule has 5 nitrogen and oxygen atoms in total. The summed E-state index contributed by atoms with van der Waals surface area (Å²) in [5.41, 5.74) is 6.39. The number of aryl methyl sites for hydroxylation is 1. The van der Waals surface area contributed by atoms with E-state index in [-0.39, 0.29) is 0 Å². The zero-order valence-electron chi connectivity index (χ0n) is 9.57. The number of ether oxygens (including phenoxy) is 1. The first-order valence-electron chi connectivity index (χ1n) is 4.86. The van der Waals surface area contributed by atoms with Gasteiger partial charge in [-0.3, -0.25) is 4.68 Å². The van der Waals surface area contributed by atoms with E-state index in [9.17, 15) is 4.79 Å². The number of esters is 1. The molecule has 0 saturated heterocycles. The lowest BCUT2D eigenvalue weighted by molar-refractivity contribution is -0.149. The van der Waals surface area contributed by atoms with Crippen LogP contribution in [-0.4, -0.2) is 22.4 Å². The third-order valence-corrected chi connectivity index (χ3v) is 2.49. The Labute approximate surface area is 89.2 Å². The molecule has 84 valence electrons. The zero-order valence-corrected chi connectivity index (χ0v) is 9.57. The van der Waals surface area contributed by atoms with E-state index in [4.69, 9.17) is 10.5 Å². The summed E-state index contributed by atoms with van der Waals surface area (Å²) in [6.07, 6.45) is 1.60. The summed E-state index contributed by atoms with van der Waals surface area (Å²) in [6, 6.07) is 0. The van der Waals surface area contributed by atoms with Crippen LogP contribution >= 0.6 is 0 Å². The van der Waals surface area contributed by atoms with Gasteiger partial charge in [-0.1, -0.05) is 0 Å². The van der Waals surface area contributed by atoms with Gasteiger partial charge in [0.1, 0.15) is 5.54 Å². The Morgan fingerprint density at radius 3 is 2.73 bits per heavy atom. The molecule has 1 aromatic heterocycles. The maximum absolute atomic E-state index is 11.6. The number of nitrogens with zero attached hydrogens (tertiary/aromatic N) is 2. The van der Waals surface area contributed by atoms with Gasteiger partial charge in [0.25, 0.3) is 0 Å². The molecule has 2 N–H and O–H groups in total. The van der Waals surface area contributed by atoms with Crippen LogP contribution in [-0.2, 0) is 22.1 Å². The largest absolute Gasteiger partial charge is 0.464 e. The van der Waals surface area contributed by atoms with Crippen LogP contribution in [0.2, 0.25) is 0 Å². The molecule has 0 radical (unpaired) electrons. The molecule has 1 rings (SSSR count). The Morgan fingerprint density at radius 1 is 1.73 bits per heavy atom. The van der Waals surface area contributed by atoms with Crippen molar-refractivity contribution in [3.8, 4) is 0 Å². The van der Waals surface area contributed by atoms with Gasteiger partial charge in [0.2, 0.25) is 0 Å². The molecule has 0 amide bonds. The van der Waals surface area contributed by atoms with Crippen molar-refractivity contribution in [2.75, 3.05) is 6.61 Å². The third kappa shape index (κ3) is 2.02. The van der Waals surface area contributed by atoms with Crippen LogP contribution < -0.4 is 5.73 Å². The molecule has 0 fully saturated rings. The molecule has 1 atom stereocenters. The summed E-state index contributed by atoms with van der Waals surface area (Å²) in [5, 5.41) is 4.05. The fraction of sp³-hybridized carbons (Fsp3) is 0.600. The predicted octanol–water partition coefficient (Wildman–Crippen LogP) is 0.466. The number of hydrogen-bond acceptors (Lipinski definition) is 4. The Bertz CT molecular complexity index is 369. The first kappa shape index (κ1) is 11.7. The summed E-state index contributed by atoms with van der Waals surface area (Å²) in [6.45, 7) is 5.58. The number of hydrogen-bond donors (Lipinski definition) is 1. The maximum atomic E-state index is 11.6. The predicted molar refractivity (Wildman–Crippen MR) is 56.1 cm³/mol. The van der Waals surface area contributed by atoms with Crippen molar-refractivity contribution in [2.45, 2.75) is 26.3 Å². The monoisotopic (exact) mass is 211 g/mol. The van der Waals surface area contributed by atoms with E-state index in [1.165, 1.54) is 0 Å².